The van der Waals surface area contributed by atoms with Crippen LogP contribution in [0.1, 0.15) is 11.3 Å². The lowest BCUT2D eigenvalue weighted by molar-refractivity contribution is -0.116. The molecular weight excluding hydrogens is 340 g/mol. The highest BCUT2D eigenvalue weighted by Gasteiger charge is 2.26. The molecule has 2 aromatic heterocycles. The molecule has 1 N–H and O–H groups in total. The van der Waals surface area contributed by atoms with Crippen molar-refractivity contribution in [1.29, 1.82) is 0 Å². The predicted molar refractivity (Wildman–Crippen MR) is 102 cm³/mol. The molecule has 1 aromatic carbocycles. The van der Waals surface area contributed by atoms with Gasteiger partial charge in [-0.1, -0.05) is 18.2 Å². The number of hydrogen-bond acceptors (Lipinski definition) is 5. The Kier molecular flexibility index (Phi) is 4.87. The van der Waals surface area contributed by atoms with Gasteiger partial charge in [-0.3, -0.25) is 19.7 Å². The Bertz CT molecular complexity index is 958. The fourth-order valence-electron chi connectivity index (χ4n) is 3.00. The van der Waals surface area contributed by atoms with E-state index in [1.165, 1.54) is 6.08 Å². The number of para-hydroxylation sites is 1. The van der Waals surface area contributed by atoms with Crippen molar-refractivity contribution in [2.45, 2.75) is 12.5 Å². The predicted octanol–water partition coefficient (Wildman–Crippen LogP) is 2.67. The molecule has 4 rings (SSSR count). The molecule has 134 valence electrons. The van der Waals surface area contributed by atoms with Crippen molar-refractivity contribution in [2.24, 2.45) is 0 Å². The smallest absolute Gasteiger partial charge is 0.244 e. The van der Waals surface area contributed by atoms with Crippen LogP contribution in [0, 0.1) is 0 Å². The van der Waals surface area contributed by atoms with Gasteiger partial charge in [-0.15, -0.1) is 0 Å². The maximum absolute atomic E-state index is 12.0. The van der Waals surface area contributed by atoms with Gasteiger partial charge in [0.05, 0.1) is 24.1 Å². The van der Waals surface area contributed by atoms with E-state index in [0.29, 0.717) is 6.54 Å². The second kappa shape index (κ2) is 7.78. The number of rotatable bonds is 5. The van der Waals surface area contributed by atoms with Crippen molar-refractivity contribution >= 4 is 12.0 Å². The SMILES string of the molecule is O=C(/C=C/c1ccccn1)NC[C@@H]1Cc2cccc(-c3cnccn3)c2O1. The van der Waals surface area contributed by atoms with E-state index in [2.05, 4.69) is 20.3 Å². The Morgan fingerprint density at radius 3 is 2.93 bits per heavy atom. The summed E-state index contributed by atoms with van der Waals surface area (Å²) in [5, 5.41) is 2.88. The Balaban J connectivity index is 1.38. The first kappa shape index (κ1) is 16.9. The molecule has 1 aliphatic heterocycles. The van der Waals surface area contributed by atoms with Crippen LogP contribution in [0.4, 0.5) is 0 Å². The lowest BCUT2D eigenvalue weighted by Gasteiger charge is -2.12. The van der Waals surface area contributed by atoms with E-state index >= 15 is 0 Å². The third kappa shape index (κ3) is 4.00. The number of ether oxygens (including phenoxy) is 1. The van der Waals surface area contributed by atoms with Gasteiger partial charge < -0.3 is 10.1 Å². The molecule has 0 aliphatic carbocycles. The number of fused-ring (bicyclic) bond motifs is 1. The summed E-state index contributed by atoms with van der Waals surface area (Å²) in [4.78, 5) is 24.7. The molecule has 1 amide bonds. The van der Waals surface area contributed by atoms with Crippen LogP contribution in [0.2, 0.25) is 0 Å². The molecule has 0 saturated heterocycles. The maximum Gasteiger partial charge on any atom is 0.244 e. The van der Waals surface area contributed by atoms with Crippen LogP contribution in [0.5, 0.6) is 5.75 Å². The molecule has 0 bridgehead atoms. The first-order valence-electron chi connectivity index (χ1n) is 8.71. The molecule has 0 saturated carbocycles. The Morgan fingerprint density at radius 1 is 1.15 bits per heavy atom. The van der Waals surface area contributed by atoms with Gasteiger partial charge >= 0.3 is 0 Å². The number of benzene rings is 1. The molecule has 3 aromatic rings. The maximum atomic E-state index is 12.0. The fraction of sp³-hybridized carbons (Fsp3) is 0.143. The van der Waals surface area contributed by atoms with Crippen molar-refractivity contribution in [3.05, 3.63) is 78.5 Å². The van der Waals surface area contributed by atoms with Crippen LogP contribution < -0.4 is 10.1 Å². The van der Waals surface area contributed by atoms with E-state index in [1.54, 1.807) is 30.9 Å². The first-order chi connectivity index (χ1) is 13.3. The summed E-state index contributed by atoms with van der Waals surface area (Å²) >= 11 is 0. The monoisotopic (exact) mass is 358 g/mol. The zero-order valence-corrected chi connectivity index (χ0v) is 14.6. The number of nitrogens with one attached hydrogen (secondary N) is 1. The van der Waals surface area contributed by atoms with Gasteiger partial charge in [0.15, 0.2) is 0 Å². The van der Waals surface area contributed by atoms with Gasteiger partial charge in [0.25, 0.3) is 0 Å². The summed E-state index contributed by atoms with van der Waals surface area (Å²) in [5.41, 5.74) is 3.55. The Morgan fingerprint density at radius 2 is 2.11 bits per heavy atom. The molecule has 1 aliphatic rings. The minimum atomic E-state index is -0.172. The summed E-state index contributed by atoms with van der Waals surface area (Å²) < 4.78 is 6.09. The van der Waals surface area contributed by atoms with E-state index in [-0.39, 0.29) is 12.0 Å². The second-order valence-corrected chi connectivity index (χ2v) is 6.16. The van der Waals surface area contributed by atoms with Gasteiger partial charge in [-0.25, -0.2) is 0 Å². The van der Waals surface area contributed by atoms with Gasteiger partial charge in [0.1, 0.15) is 11.9 Å². The lowest BCUT2D eigenvalue weighted by Crippen LogP contribution is -2.33. The molecule has 1 atom stereocenters. The van der Waals surface area contributed by atoms with Crippen molar-refractivity contribution < 1.29 is 9.53 Å². The van der Waals surface area contributed by atoms with Crippen LogP contribution >= 0.6 is 0 Å². The quantitative estimate of drug-likeness (QED) is 0.710. The van der Waals surface area contributed by atoms with Crippen LogP contribution in [0.15, 0.2) is 67.3 Å². The molecule has 0 radical (unpaired) electrons. The average Bonchev–Trinajstić information content (AvgIpc) is 3.15. The number of carbonyl (C=O) groups excluding carboxylic acids is 1. The van der Waals surface area contributed by atoms with Crippen molar-refractivity contribution in [3.8, 4) is 17.0 Å². The van der Waals surface area contributed by atoms with Crippen molar-refractivity contribution in [3.63, 3.8) is 0 Å². The normalized spacial score (nSPS) is 15.3. The molecule has 0 spiro atoms. The van der Waals surface area contributed by atoms with Gasteiger partial charge in [0.2, 0.25) is 5.91 Å². The van der Waals surface area contributed by atoms with Crippen molar-refractivity contribution in [2.75, 3.05) is 6.54 Å². The number of amides is 1. The number of carbonyl (C=O) groups is 1. The van der Waals surface area contributed by atoms with Gasteiger partial charge in [-0.2, -0.15) is 0 Å². The van der Waals surface area contributed by atoms with E-state index < -0.39 is 0 Å². The molecule has 6 heteroatoms. The lowest BCUT2D eigenvalue weighted by atomic mass is 10.0. The largest absolute Gasteiger partial charge is 0.487 e. The second-order valence-electron chi connectivity index (χ2n) is 6.16. The molecular formula is C21H18N4O2. The standard InChI is InChI=1S/C21H18N4O2/c26-20(8-7-16-5-1-2-9-23-16)25-13-17-12-15-4-3-6-18(21(15)27-17)19-14-22-10-11-24-19/h1-11,14,17H,12-13H2,(H,25,26)/b8-7+/t17-/m0/s1. The van der Waals surface area contributed by atoms with E-state index in [0.717, 1.165) is 34.7 Å². The Hall–Kier alpha value is -3.54. The highest BCUT2D eigenvalue weighted by Crippen LogP contribution is 2.37. The zero-order chi connectivity index (χ0) is 18.5. The highest BCUT2D eigenvalue weighted by atomic mass is 16.5. The Labute approximate surface area is 157 Å². The average molecular weight is 358 g/mol. The minimum absolute atomic E-state index is 0.106. The number of pyridine rings is 1. The van der Waals surface area contributed by atoms with Gasteiger partial charge in [0, 0.05) is 36.7 Å². The topological polar surface area (TPSA) is 77.0 Å². The molecule has 3 heterocycles. The van der Waals surface area contributed by atoms with Gasteiger partial charge in [-0.05, 0) is 29.8 Å². The van der Waals surface area contributed by atoms with Crippen LogP contribution in [-0.2, 0) is 11.2 Å². The fourth-order valence-corrected chi connectivity index (χ4v) is 3.00. The molecule has 27 heavy (non-hydrogen) atoms. The zero-order valence-electron chi connectivity index (χ0n) is 14.6. The third-order valence-electron chi connectivity index (χ3n) is 4.27. The highest BCUT2D eigenvalue weighted by molar-refractivity contribution is 5.91. The summed E-state index contributed by atoms with van der Waals surface area (Å²) in [5.74, 6) is 0.649. The number of hydrogen-bond donors (Lipinski definition) is 1. The van der Waals surface area contributed by atoms with E-state index in [4.69, 9.17) is 4.74 Å². The third-order valence-corrected chi connectivity index (χ3v) is 4.27. The van der Waals surface area contributed by atoms with Crippen LogP contribution in [-0.4, -0.2) is 33.5 Å². The van der Waals surface area contributed by atoms with E-state index in [1.807, 2.05) is 36.4 Å². The van der Waals surface area contributed by atoms with Crippen LogP contribution in [0.25, 0.3) is 17.3 Å². The first-order valence-corrected chi connectivity index (χ1v) is 8.71. The summed E-state index contributed by atoms with van der Waals surface area (Å²) in [6.45, 7) is 0.431. The summed E-state index contributed by atoms with van der Waals surface area (Å²) in [6, 6.07) is 11.6. The molecule has 0 fully saturated rings. The van der Waals surface area contributed by atoms with Crippen molar-refractivity contribution in [1.82, 2.24) is 20.3 Å². The molecule has 6 nitrogen and oxygen atoms in total. The van der Waals surface area contributed by atoms with Crippen LogP contribution in [0.3, 0.4) is 0 Å². The van der Waals surface area contributed by atoms with E-state index in [9.17, 15) is 4.79 Å². The molecule has 0 unspecified atom stereocenters. The summed E-state index contributed by atoms with van der Waals surface area (Å²) in [7, 11) is 0. The number of aromatic nitrogens is 3. The number of nitrogens with zero attached hydrogens (tertiary/aromatic N) is 3. The summed E-state index contributed by atoms with van der Waals surface area (Å²) in [6.07, 6.45) is 10.5. The minimum Gasteiger partial charge on any atom is -0.487 e.